The average Bonchev–Trinajstić information content (AvgIpc) is 1.63. The molecule has 0 saturated heterocycles. The molecule has 0 amide bonds. The predicted molar refractivity (Wildman–Crippen MR) is 41.1 cm³/mol. The summed E-state index contributed by atoms with van der Waals surface area (Å²) >= 11 is 0. The standard InChI is InChI=1S/C7H16N2/c1-7(8)5-4-6-9(2)3/h1,4-6,8H2,2-3H3. The Kier molecular flexibility index (Phi) is 4.14. The van der Waals surface area contributed by atoms with Crippen molar-refractivity contribution in [1.82, 2.24) is 4.90 Å². The summed E-state index contributed by atoms with van der Waals surface area (Å²) in [6.07, 6.45) is 2.06. The maximum absolute atomic E-state index is 5.37. The molecule has 9 heavy (non-hydrogen) atoms. The molecular weight excluding hydrogens is 112 g/mol. The molecule has 0 aromatic heterocycles. The van der Waals surface area contributed by atoms with Crippen LogP contribution in [0.3, 0.4) is 0 Å². The van der Waals surface area contributed by atoms with E-state index < -0.39 is 0 Å². The Morgan fingerprint density at radius 1 is 1.56 bits per heavy atom. The predicted octanol–water partition coefficient (Wildman–Crippen LogP) is 0.801. The second-order valence-electron chi connectivity index (χ2n) is 2.57. The van der Waals surface area contributed by atoms with Crippen molar-refractivity contribution < 1.29 is 0 Å². The lowest BCUT2D eigenvalue weighted by Gasteiger charge is -2.07. The zero-order valence-electron chi connectivity index (χ0n) is 6.35. The lowest BCUT2D eigenvalue weighted by atomic mass is 10.2. The molecule has 0 radical (unpaired) electrons. The average molecular weight is 128 g/mol. The minimum atomic E-state index is 0.789. The zero-order valence-corrected chi connectivity index (χ0v) is 6.35. The van der Waals surface area contributed by atoms with E-state index in [1.54, 1.807) is 0 Å². The molecule has 0 aromatic rings. The van der Waals surface area contributed by atoms with E-state index >= 15 is 0 Å². The first-order chi connectivity index (χ1) is 4.13. The van der Waals surface area contributed by atoms with Crippen molar-refractivity contribution in [3.05, 3.63) is 12.3 Å². The van der Waals surface area contributed by atoms with E-state index in [1.165, 1.54) is 0 Å². The highest BCUT2D eigenvalue weighted by Gasteiger charge is 1.89. The van der Waals surface area contributed by atoms with Crippen LogP contribution in [0.4, 0.5) is 0 Å². The quantitative estimate of drug-likeness (QED) is 0.607. The molecule has 0 aliphatic rings. The van der Waals surface area contributed by atoms with E-state index in [0.717, 1.165) is 25.1 Å². The fourth-order valence-electron chi connectivity index (χ4n) is 0.622. The molecule has 0 aromatic carbocycles. The highest BCUT2D eigenvalue weighted by atomic mass is 15.0. The summed E-state index contributed by atoms with van der Waals surface area (Å²) in [4.78, 5) is 2.14. The van der Waals surface area contributed by atoms with E-state index in [2.05, 4.69) is 25.6 Å². The van der Waals surface area contributed by atoms with Crippen molar-refractivity contribution in [3.8, 4) is 0 Å². The molecule has 0 aliphatic heterocycles. The van der Waals surface area contributed by atoms with E-state index in [1.807, 2.05) is 0 Å². The molecule has 0 rings (SSSR count). The van der Waals surface area contributed by atoms with Crippen LogP contribution in [0.5, 0.6) is 0 Å². The van der Waals surface area contributed by atoms with Crippen molar-refractivity contribution >= 4 is 0 Å². The van der Waals surface area contributed by atoms with Gasteiger partial charge in [0.05, 0.1) is 0 Å². The van der Waals surface area contributed by atoms with Gasteiger partial charge in [0.2, 0.25) is 0 Å². The van der Waals surface area contributed by atoms with Crippen LogP contribution in [-0.2, 0) is 0 Å². The molecule has 0 aliphatic carbocycles. The minimum Gasteiger partial charge on any atom is -0.403 e. The molecular formula is C7H16N2. The first-order valence-corrected chi connectivity index (χ1v) is 3.21. The molecule has 0 spiro atoms. The fourth-order valence-corrected chi connectivity index (χ4v) is 0.622. The maximum atomic E-state index is 5.37. The van der Waals surface area contributed by atoms with Gasteiger partial charge in [-0.2, -0.15) is 0 Å². The van der Waals surface area contributed by atoms with Gasteiger partial charge in [0.25, 0.3) is 0 Å². The first kappa shape index (κ1) is 8.50. The van der Waals surface area contributed by atoms with E-state index in [-0.39, 0.29) is 0 Å². The van der Waals surface area contributed by atoms with Gasteiger partial charge < -0.3 is 10.6 Å². The van der Waals surface area contributed by atoms with Gasteiger partial charge in [0.1, 0.15) is 0 Å². The molecule has 0 atom stereocenters. The summed E-state index contributed by atoms with van der Waals surface area (Å²) in [6, 6.07) is 0. The molecule has 54 valence electrons. The molecule has 0 bridgehead atoms. The van der Waals surface area contributed by atoms with Crippen molar-refractivity contribution in [3.63, 3.8) is 0 Å². The molecule has 0 heterocycles. The Balaban J connectivity index is 3.01. The van der Waals surface area contributed by atoms with Gasteiger partial charge in [-0.05, 0) is 33.5 Å². The summed E-state index contributed by atoms with van der Waals surface area (Å²) in [5.41, 5.74) is 6.15. The number of allylic oxidation sites excluding steroid dienone is 1. The van der Waals surface area contributed by atoms with Crippen molar-refractivity contribution in [2.24, 2.45) is 5.73 Å². The number of nitrogens with zero attached hydrogens (tertiary/aromatic N) is 1. The van der Waals surface area contributed by atoms with E-state index in [4.69, 9.17) is 5.73 Å². The van der Waals surface area contributed by atoms with Crippen molar-refractivity contribution in [2.45, 2.75) is 12.8 Å². The van der Waals surface area contributed by atoms with Crippen LogP contribution in [-0.4, -0.2) is 25.5 Å². The Labute approximate surface area is 57.3 Å². The maximum Gasteiger partial charge on any atom is 0.000792 e. The highest BCUT2D eigenvalue weighted by molar-refractivity contribution is 4.85. The van der Waals surface area contributed by atoms with Gasteiger partial charge in [0, 0.05) is 5.70 Å². The number of hydrogen-bond acceptors (Lipinski definition) is 2. The van der Waals surface area contributed by atoms with Crippen LogP contribution in [0, 0.1) is 0 Å². The van der Waals surface area contributed by atoms with E-state index in [0.29, 0.717) is 0 Å². The molecule has 0 saturated carbocycles. The van der Waals surface area contributed by atoms with Crippen LogP contribution in [0.25, 0.3) is 0 Å². The van der Waals surface area contributed by atoms with Crippen LogP contribution in [0.15, 0.2) is 12.3 Å². The molecule has 2 nitrogen and oxygen atoms in total. The Morgan fingerprint density at radius 3 is 2.44 bits per heavy atom. The fraction of sp³-hybridized carbons (Fsp3) is 0.714. The number of rotatable bonds is 4. The molecule has 0 unspecified atom stereocenters. The second-order valence-corrected chi connectivity index (χ2v) is 2.57. The Bertz CT molecular complexity index is 86.9. The topological polar surface area (TPSA) is 29.3 Å². The van der Waals surface area contributed by atoms with Crippen molar-refractivity contribution in [1.29, 1.82) is 0 Å². The largest absolute Gasteiger partial charge is 0.403 e. The third-order valence-corrected chi connectivity index (χ3v) is 1.10. The van der Waals surface area contributed by atoms with Gasteiger partial charge in [-0.1, -0.05) is 6.58 Å². The van der Waals surface area contributed by atoms with Crippen molar-refractivity contribution in [2.75, 3.05) is 20.6 Å². The van der Waals surface area contributed by atoms with E-state index in [9.17, 15) is 0 Å². The third-order valence-electron chi connectivity index (χ3n) is 1.10. The number of hydrogen-bond donors (Lipinski definition) is 1. The van der Waals surface area contributed by atoms with Crippen LogP contribution >= 0.6 is 0 Å². The van der Waals surface area contributed by atoms with Crippen LogP contribution in [0.2, 0.25) is 0 Å². The monoisotopic (exact) mass is 128 g/mol. The lowest BCUT2D eigenvalue weighted by molar-refractivity contribution is 0.400. The van der Waals surface area contributed by atoms with Gasteiger partial charge in [-0.25, -0.2) is 0 Å². The summed E-state index contributed by atoms with van der Waals surface area (Å²) < 4.78 is 0. The number of nitrogens with two attached hydrogens (primary N) is 1. The van der Waals surface area contributed by atoms with Gasteiger partial charge in [-0.15, -0.1) is 0 Å². The van der Waals surface area contributed by atoms with Gasteiger partial charge in [0.15, 0.2) is 0 Å². The van der Waals surface area contributed by atoms with Gasteiger partial charge >= 0.3 is 0 Å². The smallest absolute Gasteiger partial charge is 0.000792 e. The minimum absolute atomic E-state index is 0.789. The molecule has 2 heteroatoms. The Morgan fingerprint density at radius 2 is 2.11 bits per heavy atom. The first-order valence-electron chi connectivity index (χ1n) is 3.21. The third kappa shape index (κ3) is 7.50. The molecule has 2 N–H and O–H groups in total. The summed E-state index contributed by atoms with van der Waals surface area (Å²) in [5, 5.41) is 0. The van der Waals surface area contributed by atoms with Gasteiger partial charge in [-0.3, -0.25) is 0 Å². The highest BCUT2D eigenvalue weighted by Crippen LogP contribution is 1.94. The zero-order chi connectivity index (χ0) is 7.28. The van der Waals surface area contributed by atoms with Crippen LogP contribution in [0.1, 0.15) is 12.8 Å². The summed E-state index contributed by atoms with van der Waals surface area (Å²) in [6.45, 7) is 4.70. The Hall–Kier alpha value is -0.500. The second kappa shape index (κ2) is 4.39. The summed E-state index contributed by atoms with van der Waals surface area (Å²) in [5.74, 6) is 0. The van der Waals surface area contributed by atoms with Crippen LogP contribution < -0.4 is 5.73 Å². The summed E-state index contributed by atoms with van der Waals surface area (Å²) in [7, 11) is 4.11. The lowest BCUT2D eigenvalue weighted by Crippen LogP contribution is -2.13. The normalized spacial score (nSPS) is 10.1. The SMILES string of the molecule is C=C(N)CCCN(C)C. The molecule has 0 fully saturated rings.